The summed E-state index contributed by atoms with van der Waals surface area (Å²) in [5.74, 6) is 0.559. The largest absolute Gasteiger partial charge is 0.316 e. The first-order valence-corrected chi connectivity index (χ1v) is 8.01. The van der Waals surface area contributed by atoms with Crippen molar-refractivity contribution in [1.82, 2.24) is 10.3 Å². The molecule has 1 aliphatic rings. The van der Waals surface area contributed by atoms with Gasteiger partial charge in [0.05, 0.1) is 5.02 Å². The normalized spacial score (nSPS) is 19.0. The van der Waals surface area contributed by atoms with Crippen molar-refractivity contribution >= 4 is 11.6 Å². The highest BCUT2D eigenvalue weighted by molar-refractivity contribution is 6.31. The van der Waals surface area contributed by atoms with Crippen LogP contribution in [0.2, 0.25) is 5.02 Å². The number of nitrogens with zero attached hydrogens (tertiary/aromatic N) is 1. The van der Waals surface area contributed by atoms with Crippen LogP contribution in [0, 0.1) is 0 Å². The minimum atomic E-state index is 0.409. The second-order valence-corrected chi connectivity index (χ2v) is 6.17. The maximum Gasteiger partial charge on any atom is 0.0621 e. The Balaban J connectivity index is 1.86. The van der Waals surface area contributed by atoms with Crippen LogP contribution in [0.15, 0.2) is 42.7 Å². The van der Waals surface area contributed by atoms with Crippen LogP contribution in [-0.2, 0) is 12.8 Å². The Morgan fingerprint density at radius 3 is 3.00 bits per heavy atom. The van der Waals surface area contributed by atoms with Crippen molar-refractivity contribution in [3.05, 3.63) is 64.4 Å². The number of hydrogen-bond acceptors (Lipinski definition) is 2. The van der Waals surface area contributed by atoms with Crippen LogP contribution in [-0.4, -0.2) is 18.1 Å². The molecule has 1 aromatic carbocycles. The van der Waals surface area contributed by atoms with Gasteiger partial charge in [-0.3, -0.25) is 4.98 Å². The lowest BCUT2D eigenvalue weighted by Crippen LogP contribution is -2.36. The molecule has 0 saturated heterocycles. The third kappa shape index (κ3) is 3.12. The van der Waals surface area contributed by atoms with E-state index in [1.165, 1.54) is 36.0 Å². The zero-order chi connectivity index (χ0) is 14.7. The van der Waals surface area contributed by atoms with Crippen LogP contribution in [0.3, 0.4) is 0 Å². The molecular weight excluding hydrogens is 280 g/mol. The van der Waals surface area contributed by atoms with Crippen molar-refractivity contribution in [1.29, 1.82) is 0 Å². The van der Waals surface area contributed by atoms with E-state index in [2.05, 4.69) is 41.6 Å². The molecule has 1 heterocycles. The Morgan fingerprint density at radius 1 is 1.33 bits per heavy atom. The number of halogens is 1. The molecule has 2 nitrogen and oxygen atoms in total. The summed E-state index contributed by atoms with van der Waals surface area (Å²) in [6.07, 6.45) is 8.21. The van der Waals surface area contributed by atoms with Gasteiger partial charge in [0, 0.05) is 18.4 Å². The van der Waals surface area contributed by atoms with Gasteiger partial charge in [0.1, 0.15) is 0 Å². The summed E-state index contributed by atoms with van der Waals surface area (Å²) in [7, 11) is 2.05. The van der Waals surface area contributed by atoms with Gasteiger partial charge in [-0.25, -0.2) is 0 Å². The van der Waals surface area contributed by atoms with E-state index in [9.17, 15) is 0 Å². The maximum atomic E-state index is 6.27. The van der Waals surface area contributed by atoms with Gasteiger partial charge in [-0.1, -0.05) is 35.9 Å². The fraction of sp³-hybridized carbons (Fsp3) is 0.389. The minimum Gasteiger partial charge on any atom is -0.316 e. The van der Waals surface area contributed by atoms with E-state index >= 15 is 0 Å². The van der Waals surface area contributed by atoms with Crippen LogP contribution in [0.25, 0.3) is 0 Å². The van der Waals surface area contributed by atoms with Gasteiger partial charge < -0.3 is 5.32 Å². The van der Waals surface area contributed by atoms with E-state index in [0.29, 0.717) is 12.0 Å². The summed E-state index contributed by atoms with van der Waals surface area (Å²) in [4.78, 5) is 4.07. The number of aryl methyl sites for hydroxylation is 1. The van der Waals surface area contributed by atoms with E-state index < -0.39 is 0 Å². The lowest BCUT2D eigenvalue weighted by atomic mass is 9.77. The highest BCUT2D eigenvalue weighted by Gasteiger charge is 2.27. The third-order valence-corrected chi connectivity index (χ3v) is 4.91. The van der Waals surface area contributed by atoms with E-state index in [4.69, 9.17) is 11.6 Å². The molecule has 2 atom stereocenters. The van der Waals surface area contributed by atoms with E-state index in [-0.39, 0.29) is 0 Å². The molecule has 21 heavy (non-hydrogen) atoms. The quantitative estimate of drug-likeness (QED) is 0.923. The van der Waals surface area contributed by atoms with E-state index in [1.54, 1.807) is 6.20 Å². The molecule has 0 bridgehead atoms. The van der Waals surface area contributed by atoms with Gasteiger partial charge in [0.15, 0.2) is 0 Å². The van der Waals surface area contributed by atoms with Gasteiger partial charge in [0.2, 0.25) is 0 Å². The number of likely N-dealkylation sites (N-methyl/N-ethyl adjacent to an activating group) is 1. The number of aromatic nitrogens is 1. The molecule has 2 unspecified atom stereocenters. The molecule has 2 aromatic rings. The summed E-state index contributed by atoms with van der Waals surface area (Å²) in [6.45, 7) is 0. The smallest absolute Gasteiger partial charge is 0.0621 e. The molecule has 0 spiro atoms. The lowest BCUT2D eigenvalue weighted by Gasteiger charge is -2.32. The average molecular weight is 301 g/mol. The Bertz CT molecular complexity index is 612. The Labute approximate surface area is 131 Å². The summed E-state index contributed by atoms with van der Waals surface area (Å²) in [5, 5.41) is 4.27. The summed E-state index contributed by atoms with van der Waals surface area (Å²) >= 11 is 6.27. The molecule has 0 aliphatic heterocycles. The molecule has 1 aromatic heterocycles. The lowest BCUT2D eigenvalue weighted by molar-refractivity contribution is 0.411. The Kier molecular flexibility index (Phi) is 4.57. The topological polar surface area (TPSA) is 24.9 Å². The molecule has 1 aliphatic carbocycles. The van der Waals surface area contributed by atoms with Crippen molar-refractivity contribution < 1.29 is 0 Å². The first-order valence-electron chi connectivity index (χ1n) is 7.63. The Morgan fingerprint density at radius 2 is 2.19 bits per heavy atom. The molecule has 3 heteroatoms. The first kappa shape index (κ1) is 14.6. The third-order valence-electron chi connectivity index (χ3n) is 4.57. The zero-order valence-corrected chi connectivity index (χ0v) is 13.1. The van der Waals surface area contributed by atoms with Crippen molar-refractivity contribution in [2.75, 3.05) is 7.05 Å². The standard InChI is InChI=1S/C18H21ClN2/c1-20-18(11-14-9-10-21-12-17(14)19)16-8-4-6-13-5-2-3-7-15(13)16/h2-3,5,7,9-10,12,16,18,20H,4,6,8,11H2,1H3. The summed E-state index contributed by atoms with van der Waals surface area (Å²) in [6, 6.07) is 11.3. The average Bonchev–Trinajstić information content (AvgIpc) is 2.54. The van der Waals surface area contributed by atoms with Crippen molar-refractivity contribution in [3.63, 3.8) is 0 Å². The van der Waals surface area contributed by atoms with Gasteiger partial charge in [-0.15, -0.1) is 0 Å². The van der Waals surface area contributed by atoms with E-state index in [0.717, 1.165) is 11.4 Å². The van der Waals surface area contributed by atoms with Crippen molar-refractivity contribution in [2.45, 2.75) is 37.6 Å². The molecular formula is C18H21ClN2. The number of hydrogen-bond donors (Lipinski definition) is 1. The molecule has 0 radical (unpaired) electrons. The monoisotopic (exact) mass is 300 g/mol. The molecule has 1 N–H and O–H groups in total. The number of pyridine rings is 1. The van der Waals surface area contributed by atoms with Crippen LogP contribution < -0.4 is 5.32 Å². The molecule has 110 valence electrons. The van der Waals surface area contributed by atoms with Gasteiger partial charge in [-0.05, 0) is 61.4 Å². The molecule has 3 rings (SSSR count). The predicted molar refractivity (Wildman–Crippen MR) is 87.9 cm³/mol. The number of benzene rings is 1. The van der Waals surface area contributed by atoms with Crippen LogP contribution in [0.1, 0.15) is 35.4 Å². The highest BCUT2D eigenvalue weighted by Crippen LogP contribution is 2.35. The molecule has 0 saturated carbocycles. The van der Waals surface area contributed by atoms with E-state index in [1.807, 2.05) is 12.3 Å². The van der Waals surface area contributed by atoms with Crippen LogP contribution in [0.4, 0.5) is 0 Å². The molecule has 0 fully saturated rings. The maximum absolute atomic E-state index is 6.27. The van der Waals surface area contributed by atoms with Crippen LogP contribution >= 0.6 is 11.6 Å². The fourth-order valence-corrected chi connectivity index (χ4v) is 3.66. The zero-order valence-electron chi connectivity index (χ0n) is 12.3. The second-order valence-electron chi connectivity index (χ2n) is 5.76. The number of fused-ring (bicyclic) bond motifs is 1. The predicted octanol–water partition coefficient (Wildman–Crippen LogP) is 3.99. The summed E-state index contributed by atoms with van der Waals surface area (Å²) < 4.78 is 0. The molecule has 0 amide bonds. The van der Waals surface area contributed by atoms with Crippen molar-refractivity contribution in [3.8, 4) is 0 Å². The van der Waals surface area contributed by atoms with Gasteiger partial charge >= 0.3 is 0 Å². The number of rotatable bonds is 4. The van der Waals surface area contributed by atoms with Crippen LogP contribution in [0.5, 0.6) is 0 Å². The number of nitrogens with one attached hydrogen (secondary N) is 1. The fourth-order valence-electron chi connectivity index (χ4n) is 3.46. The highest BCUT2D eigenvalue weighted by atomic mass is 35.5. The van der Waals surface area contributed by atoms with Gasteiger partial charge in [0.25, 0.3) is 0 Å². The SMILES string of the molecule is CNC(Cc1ccncc1Cl)C1CCCc2ccccc21. The first-order chi connectivity index (χ1) is 10.3. The minimum absolute atomic E-state index is 0.409. The van der Waals surface area contributed by atoms with Crippen molar-refractivity contribution in [2.24, 2.45) is 0 Å². The Hall–Kier alpha value is -1.38. The van der Waals surface area contributed by atoms with Gasteiger partial charge in [-0.2, -0.15) is 0 Å². The summed E-state index contributed by atoms with van der Waals surface area (Å²) in [5.41, 5.74) is 4.19. The second kappa shape index (κ2) is 6.59.